The van der Waals surface area contributed by atoms with Crippen molar-refractivity contribution < 1.29 is 19.1 Å². The van der Waals surface area contributed by atoms with Crippen LogP contribution in [-0.4, -0.2) is 25.1 Å². The first-order valence-electron chi connectivity index (χ1n) is 7.91. The minimum absolute atomic E-state index is 0.251. The molecule has 0 atom stereocenters. The lowest BCUT2D eigenvalue weighted by Crippen LogP contribution is -2.24. The second-order valence-corrected chi connectivity index (χ2v) is 5.89. The van der Waals surface area contributed by atoms with E-state index >= 15 is 0 Å². The summed E-state index contributed by atoms with van der Waals surface area (Å²) in [6.07, 6.45) is 0.935. The average Bonchev–Trinajstić information content (AvgIpc) is 2.61. The zero-order valence-corrected chi connectivity index (χ0v) is 14.9. The number of halogens is 1. The molecule has 0 fully saturated rings. The normalized spacial score (nSPS) is 10.2. The van der Waals surface area contributed by atoms with Crippen LogP contribution < -0.4 is 10.1 Å². The van der Waals surface area contributed by atoms with Crippen molar-refractivity contribution >= 4 is 29.2 Å². The standard InChI is InChI=1S/C19H20ClNO4/c1-3-14-4-7-16(8-5-14)24-12-19(23)25-11-18(22)21-17-9-6-15(20)10-13(17)2/h4-10H,3,11-12H2,1-2H3,(H,21,22). The molecular formula is C19H20ClNO4. The molecule has 0 aliphatic carbocycles. The predicted octanol–water partition coefficient (Wildman–Crippen LogP) is 3.77. The molecule has 0 spiro atoms. The lowest BCUT2D eigenvalue weighted by Gasteiger charge is -2.10. The first-order valence-corrected chi connectivity index (χ1v) is 8.29. The Balaban J connectivity index is 1.74. The van der Waals surface area contributed by atoms with E-state index in [1.807, 2.05) is 19.1 Å². The smallest absolute Gasteiger partial charge is 0.344 e. The van der Waals surface area contributed by atoms with Crippen LogP contribution in [0.1, 0.15) is 18.1 Å². The van der Waals surface area contributed by atoms with Crippen LogP contribution in [0, 0.1) is 6.92 Å². The van der Waals surface area contributed by atoms with E-state index in [0.29, 0.717) is 16.5 Å². The maximum absolute atomic E-state index is 11.8. The van der Waals surface area contributed by atoms with Crippen molar-refractivity contribution in [3.63, 3.8) is 0 Å². The maximum atomic E-state index is 11.8. The number of anilines is 1. The topological polar surface area (TPSA) is 64.6 Å². The summed E-state index contributed by atoms with van der Waals surface area (Å²) in [5, 5.41) is 3.25. The van der Waals surface area contributed by atoms with Gasteiger partial charge in [-0.3, -0.25) is 4.79 Å². The van der Waals surface area contributed by atoms with E-state index in [1.165, 1.54) is 5.56 Å². The minimum Gasteiger partial charge on any atom is -0.482 e. The molecule has 0 heterocycles. The molecule has 6 heteroatoms. The van der Waals surface area contributed by atoms with Crippen LogP contribution in [0.4, 0.5) is 5.69 Å². The van der Waals surface area contributed by atoms with Crippen molar-refractivity contribution in [3.05, 3.63) is 58.6 Å². The van der Waals surface area contributed by atoms with E-state index in [9.17, 15) is 9.59 Å². The molecule has 0 aromatic heterocycles. The van der Waals surface area contributed by atoms with E-state index < -0.39 is 11.9 Å². The molecule has 25 heavy (non-hydrogen) atoms. The Bertz CT molecular complexity index is 744. The van der Waals surface area contributed by atoms with Gasteiger partial charge in [0.15, 0.2) is 13.2 Å². The molecule has 0 radical (unpaired) electrons. The monoisotopic (exact) mass is 361 g/mol. The van der Waals surface area contributed by atoms with E-state index in [-0.39, 0.29) is 13.2 Å². The van der Waals surface area contributed by atoms with Gasteiger partial charge in [0, 0.05) is 10.7 Å². The molecular weight excluding hydrogens is 342 g/mol. The van der Waals surface area contributed by atoms with E-state index in [1.54, 1.807) is 30.3 Å². The summed E-state index contributed by atoms with van der Waals surface area (Å²) in [7, 11) is 0. The quantitative estimate of drug-likeness (QED) is 0.762. The fourth-order valence-electron chi connectivity index (χ4n) is 2.10. The third-order valence-electron chi connectivity index (χ3n) is 3.52. The highest BCUT2D eigenvalue weighted by Crippen LogP contribution is 2.19. The minimum atomic E-state index is -0.609. The summed E-state index contributed by atoms with van der Waals surface area (Å²) in [6, 6.07) is 12.6. The lowest BCUT2D eigenvalue weighted by molar-refractivity contribution is -0.149. The largest absolute Gasteiger partial charge is 0.482 e. The molecule has 5 nitrogen and oxygen atoms in total. The van der Waals surface area contributed by atoms with Crippen molar-refractivity contribution in [2.24, 2.45) is 0 Å². The second kappa shape index (κ2) is 9.08. The SMILES string of the molecule is CCc1ccc(OCC(=O)OCC(=O)Nc2ccc(Cl)cc2C)cc1. The highest BCUT2D eigenvalue weighted by atomic mass is 35.5. The van der Waals surface area contributed by atoms with Crippen molar-refractivity contribution in [1.29, 1.82) is 0 Å². The van der Waals surface area contributed by atoms with Gasteiger partial charge in [0.25, 0.3) is 5.91 Å². The highest BCUT2D eigenvalue weighted by molar-refractivity contribution is 6.30. The summed E-state index contributed by atoms with van der Waals surface area (Å²) >= 11 is 5.86. The first kappa shape index (κ1) is 18.8. The first-order chi connectivity index (χ1) is 12.0. The van der Waals surface area contributed by atoms with Crippen LogP contribution in [0.5, 0.6) is 5.75 Å². The number of esters is 1. The molecule has 132 valence electrons. The molecule has 0 bridgehead atoms. The van der Waals surface area contributed by atoms with Gasteiger partial charge in [-0.2, -0.15) is 0 Å². The van der Waals surface area contributed by atoms with Gasteiger partial charge in [-0.15, -0.1) is 0 Å². The van der Waals surface area contributed by atoms with E-state index in [2.05, 4.69) is 12.2 Å². The van der Waals surface area contributed by atoms with Gasteiger partial charge in [-0.05, 0) is 54.8 Å². The summed E-state index contributed by atoms with van der Waals surface area (Å²) in [6.45, 7) is 3.26. The van der Waals surface area contributed by atoms with Gasteiger partial charge in [-0.25, -0.2) is 4.79 Å². The number of benzene rings is 2. The van der Waals surface area contributed by atoms with Crippen molar-refractivity contribution in [3.8, 4) is 5.75 Å². The molecule has 0 unspecified atom stereocenters. The summed E-state index contributed by atoms with van der Waals surface area (Å²) in [5.74, 6) is -0.455. The number of aryl methyl sites for hydroxylation is 2. The van der Waals surface area contributed by atoms with Gasteiger partial charge in [0.1, 0.15) is 5.75 Å². The number of hydrogen-bond acceptors (Lipinski definition) is 4. The Morgan fingerprint density at radius 1 is 1.08 bits per heavy atom. The summed E-state index contributed by atoms with van der Waals surface area (Å²) in [4.78, 5) is 23.5. The van der Waals surface area contributed by atoms with Crippen LogP contribution in [0.15, 0.2) is 42.5 Å². The van der Waals surface area contributed by atoms with Gasteiger partial charge >= 0.3 is 5.97 Å². The Hall–Kier alpha value is -2.53. The highest BCUT2D eigenvalue weighted by Gasteiger charge is 2.10. The van der Waals surface area contributed by atoms with Crippen LogP contribution in [-0.2, 0) is 20.7 Å². The number of carbonyl (C=O) groups is 2. The average molecular weight is 362 g/mol. The summed E-state index contributed by atoms with van der Waals surface area (Å²) in [5.41, 5.74) is 2.63. The van der Waals surface area contributed by atoms with Crippen molar-refractivity contribution in [2.45, 2.75) is 20.3 Å². The maximum Gasteiger partial charge on any atom is 0.344 e. The molecule has 0 aliphatic rings. The molecule has 2 aromatic rings. The second-order valence-electron chi connectivity index (χ2n) is 5.45. The van der Waals surface area contributed by atoms with Gasteiger partial charge in [-0.1, -0.05) is 30.7 Å². The summed E-state index contributed by atoms with van der Waals surface area (Å²) < 4.78 is 10.2. The fourth-order valence-corrected chi connectivity index (χ4v) is 2.33. The number of carbonyl (C=O) groups excluding carboxylic acids is 2. The van der Waals surface area contributed by atoms with Gasteiger partial charge in [0.05, 0.1) is 0 Å². The molecule has 0 saturated carbocycles. The van der Waals surface area contributed by atoms with Crippen molar-refractivity contribution in [2.75, 3.05) is 18.5 Å². The molecule has 1 N–H and O–H groups in total. The van der Waals surface area contributed by atoms with Crippen LogP contribution >= 0.6 is 11.6 Å². The number of nitrogens with one attached hydrogen (secondary N) is 1. The molecule has 0 aliphatic heterocycles. The lowest BCUT2D eigenvalue weighted by atomic mass is 10.2. The zero-order chi connectivity index (χ0) is 18.2. The van der Waals surface area contributed by atoms with Crippen molar-refractivity contribution in [1.82, 2.24) is 0 Å². The number of hydrogen-bond donors (Lipinski definition) is 1. The van der Waals surface area contributed by atoms with E-state index in [4.69, 9.17) is 21.1 Å². The van der Waals surface area contributed by atoms with Crippen LogP contribution in [0.2, 0.25) is 5.02 Å². The van der Waals surface area contributed by atoms with E-state index in [0.717, 1.165) is 12.0 Å². The Labute approximate surface area is 151 Å². The fraction of sp³-hybridized carbons (Fsp3) is 0.263. The number of rotatable bonds is 7. The third kappa shape index (κ3) is 6.12. The van der Waals surface area contributed by atoms with Gasteiger partial charge in [0.2, 0.25) is 0 Å². The molecule has 2 rings (SSSR count). The Morgan fingerprint density at radius 2 is 1.80 bits per heavy atom. The Kier molecular flexibility index (Phi) is 6.83. The molecule has 2 aromatic carbocycles. The molecule has 1 amide bonds. The zero-order valence-electron chi connectivity index (χ0n) is 14.2. The van der Waals surface area contributed by atoms with Gasteiger partial charge < -0.3 is 14.8 Å². The third-order valence-corrected chi connectivity index (χ3v) is 3.75. The Morgan fingerprint density at radius 3 is 2.44 bits per heavy atom. The predicted molar refractivity (Wildman–Crippen MR) is 97.1 cm³/mol. The number of ether oxygens (including phenoxy) is 2. The van der Waals surface area contributed by atoms with Crippen LogP contribution in [0.3, 0.4) is 0 Å². The number of amides is 1. The molecule has 0 saturated heterocycles. The van der Waals surface area contributed by atoms with Crippen LogP contribution in [0.25, 0.3) is 0 Å².